The summed E-state index contributed by atoms with van der Waals surface area (Å²) in [5.74, 6) is 2.77. The molecule has 1 aromatic rings. The predicted molar refractivity (Wildman–Crippen MR) is 70.0 cm³/mol. The molecule has 0 bridgehead atoms. The SMILES string of the molecule is CCSCCCOc1cccc(Cl)c1C=O. The van der Waals surface area contributed by atoms with Crippen molar-refractivity contribution >= 4 is 29.6 Å². The molecule has 0 aromatic heterocycles. The molecule has 0 aliphatic heterocycles. The van der Waals surface area contributed by atoms with Gasteiger partial charge in [-0.15, -0.1) is 0 Å². The van der Waals surface area contributed by atoms with E-state index in [9.17, 15) is 4.79 Å². The molecule has 0 unspecified atom stereocenters. The lowest BCUT2D eigenvalue weighted by molar-refractivity contribution is 0.111. The van der Waals surface area contributed by atoms with Crippen LogP contribution >= 0.6 is 23.4 Å². The van der Waals surface area contributed by atoms with Crippen LogP contribution in [0, 0.1) is 0 Å². The smallest absolute Gasteiger partial charge is 0.155 e. The van der Waals surface area contributed by atoms with Crippen molar-refractivity contribution in [2.45, 2.75) is 13.3 Å². The molecule has 0 saturated heterocycles. The normalized spacial score (nSPS) is 10.1. The van der Waals surface area contributed by atoms with Crippen LogP contribution in [0.2, 0.25) is 5.02 Å². The number of rotatable bonds is 7. The fraction of sp³-hybridized carbons (Fsp3) is 0.417. The van der Waals surface area contributed by atoms with Gasteiger partial charge in [0.1, 0.15) is 5.75 Å². The molecular weight excluding hydrogens is 244 g/mol. The van der Waals surface area contributed by atoms with E-state index in [1.165, 1.54) is 0 Å². The molecule has 88 valence electrons. The van der Waals surface area contributed by atoms with Crippen molar-refractivity contribution in [1.82, 2.24) is 0 Å². The van der Waals surface area contributed by atoms with Crippen LogP contribution in [0.4, 0.5) is 0 Å². The maximum Gasteiger partial charge on any atom is 0.155 e. The lowest BCUT2D eigenvalue weighted by atomic mass is 10.2. The molecular formula is C12H15ClO2S. The van der Waals surface area contributed by atoms with Crippen molar-refractivity contribution < 1.29 is 9.53 Å². The zero-order valence-corrected chi connectivity index (χ0v) is 10.8. The van der Waals surface area contributed by atoms with Crippen molar-refractivity contribution in [3.05, 3.63) is 28.8 Å². The molecule has 0 atom stereocenters. The number of hydrogen-bond acceptors (Lipinski definition) is 3. The largest absolute Gasteiger partial charge is 0.493 e. The quantitative estimate of drug-likeness (QED) is 0.551. The molecule has 0 N–H and O–H groups in total. The lowest BCUT2D eigenvalue weighted by Crippen LogP contribution is -2.01. The summed E-state index contributed by atoms with van der Waals surface area (Å²) >= 11 is 7.76. The van der Waals surface area contributed by atoms with Crippen LogP contribution in [-0.4, -0.2) is 24.4 Å². The molecule has 0 amide bonds. The van der Waals surface area contributed by atoms with Gasteiger partial charge >= 0.3 is 0 Å². The van der Waals surface area contributed by atoms with Gasteiger partial charge in [0.05, 0.1) is 17.2 Å². The Labute approximate surface area is 105 Å². The summed E-state index contributed by atoms with van der Waals surface area (Å²) < 4.78 is 5.53. The number of aldehydes is 1. The Balaban J connectivity index is 2.47. The molecule has 0 heterocycles. The monoisotopic (exact) mass is 258 g/mol. The summed E-state index contributed by atoms with van der Waals surface area (Å²) in [6.07, 6.45) is 1.71. The average Bonchev–Trinajstić information content (AvgIpc) is 2.29. The Morgan fingerprint density at radius 2 is 2.31 bits per heavy atom. The van der Waals surface area contributed by atoms with Crippen molar-refractivity contribution in [3.63, 3.8) is 0 Å². The van der Waals surface area contributed by atoms with Gasteiger partial charge in [0.25, 0.3) is 0 Å². The van der Waals surface area contributed by atoms with E-state index in [4.69, 9.17) is 16.3 Å². The van der Waals surface area contributed by atoms with E-state index in [0.717, 1.165) is 24.2 Å². The molecule has 16 heavy (non-hydrogen) atoms. The molecule has 0 fully saturated rings. The standard InChI is InChI=1S/C12H15ClO2S/c1-2-16-8-4-7-15-12-6-3-5-11(13)10(12)9-14/h3,5-6,9H,2,4,7-8H2,1H3. The fourth-order valence-electron chi connectivity index (χ4n) is 1.24. The molecule has 0 aliphatic rings. The Morgan fingerprint density at radius 1 is 1.50 bits per heavy atom. The summed E-state index contributed by atoms with van der Waals surface area (Å²) in [6, 6.07) is 5.24. The Hall–Kier alpha value is -0.670. The zero-order valence-electron chi connectivity index (χ0n) is 9.24. The van der Waals surface area contributed by atoms with E-state index in [-0.39, 0.29) is 0 Å². The number of benzene rings is 1. The van der Waals surface area contributed by atoms with Crippen LogP contribution in [0.5, 0.6) is 5.75 Å². The average molecular weight is 259 g/mol. The number of carbonyl (C=O) groups is 1. The Kier molecular flexibility index (Phi) is 6.34. The van der Waals surface area contributed by atoms with Gasteiger partial charge in [-0.25, -0.2) is 0 Å². The van der Waals surface area contributed by atoms with Gasteiger partial charge in [0.15, 0.2) is 6.29 Å². The summed E-state index contributed by atoms with van der Waals surface area (Å²) in [5.41, 5.74) is 0.437. The Bertz CT molecular complexity index is 342. The topological polar surface area (TPSA) is 26.3 Å². The number of carbonyl (C=O) groups excluding carboxylic acids is 1. The highest BCUT2D eigenvalue weighted by molar-refractivity contribution is 7.99. The van der Waals surface area contributed by atoms with E-state index in [2.05, 4.69) is 6.92 Å². The number of halogens is 1. The third kappa shape index (κ3) is 4.06. The molecule has 2 nitrogen and oxygen atoms in total. The molecule has 0 radical (unpaired) electrons. The summed E-state index contributed by atoms with van der Waals surface area (Å²) in [6.45, 7) is 2.75. The predicted octanol–water partition coefficient (Wildman–Crippen LogP) is 3.67. The van der Waals surface area contributed by atoms with Crippen molar-refractivity contribution in [2.75, 3.05) is 18.1 Å². The number of thioether (sulfide) groups is 1. The first kappa shape index (κ1) is 13.4. The van der Waals surface area contributed by atoms with Crippen LogP contribution in [0.1, 0.15) is 23.7 Å². The lowest BCUT2D eigenvalue weighted by Gasteiger charge is -2.08. The van der Waals surface area contributed by atoms with E-state index >= 15 is 0 Å². The number of ether oxygens (including phenoxy) is 1. The highest BCUT2D eigenvalue weighted by Crippen LogP contribution is 2.24. The second kappa shape index (κ2) is 7.58. The highest BCUT2D eigenvalue weighted by atomic mass is 35.5. The van der Waals surface area contributed by atoms with Crippen molar-refractivity contribution in [3.8, 4) is 5.75 Å². The summed E-state index contributed by atoms with van der Waals surface area (Å²) in [5, 5.41) is 0.440. The van der Waals surface area contributed by atoms with Crippen LogP contribution < -0.4 is 4.74 Å². The molecule has 0 spiro atoms. The first-order valence-corrected chi connectivity index (χ1v) is 6.77. The Morgan fingerprint density at radius 3 is 3.00 bits per heavy atom. The minimum Gasteiger partial charge on any atom is -0.493 e. The van der Waals surface area contributed by atoms with Gasteiger partial charge in [-0.05, 0) is 30.1 Å². The van der Waals surface area contributed by atoms with Gasteiger partial charge in [-0.3, -0.25) is 4.79 Å². The third-order valence-corrected chi connectivity index (χ3v) is 3.34. The van der Waals surface area contributed by atoms with Crippen LogP contribution in [0.3, 0.4) is 0 Å². The molecule has 0 aliphatic carbocycles. The van der Waals surface area contributed by atoms with Gasteiger partial charge in [0.2, 0.25) is 0 Å². The van der Waals surface area contributed by atoms with Crippen LogP contribution in [0.15, 0.2) is 18.2 Å². The number of hydrogen-bond donors (Lipinski definition) is 0. The first-order valence-electron chi connectivity index (χ1n) is 5.23. The van der Waals surface area contributed by atoms with Gasteiger partial charge in [0, 0.05) is 0 Å². The minimum absolute atomic E-state index is 0.437. The van der Waals surface area contributed by atoms with E-state index in [1.807, 2.05) is 11.8 Å². The maximum atomic E-state index is 10.8. The minimum atomic E-state index is 0.437. The van der Waals surface area contributed by atoms with E-state index in [0.29, 0.717) is 22.9 Å². The first-order chi connectivity index (χ1) is 7.79. The summed E-state index contributed by atoms with van der Waals surface area (Å²) in [7, 11) is 0. The van der Waals surface area contributed by atoms with Gasteiger partial charge in [-0.2, -0.15) is 11.8 Å². The highest BCUT2D eigenvalue weighted by Gasteiger charge is 2.06. The second-order valence-corrected chi connectivity index (χ2v) is 4.97. The van der Waals surface area contributed by atoms with Crippen molar-refractivity contribution in [1.29, 1.82) is 0 Å². The zero-order chi connectivity index (χ0) is 11.8. The van der Waals surface area contributed by atoms with Gasteiger partial charge < -0.3 is 4.74 Å². The van der Waals surface area contributed by atoms with Crippen LogP contribution in [-0.2, 0) is 0 Å². The van der Waals surface area contributed by atoms with Crippen molar-refractivity contribution in [2.24, 2.45) is 0 Å². The fourth-order valence-corrected chi connectivity index (χ4v) is 2.07. The van der Waals surface area contributed by atoms with Crippen LogP contribution in [0.25, 0.3) is 0 Å². The molecule has 4 heteroatoms. The van der Waals surface area contributed by atoms with E-state index < -0.39 is 0 Å². The molecule has 1 rings (SSSR count). The third-order valence-electron chi connectivity index (χ3n) is 2.03. The maximum absolute atomic E-state index is 10.8. The van der Waals surface area contributed by atoms with E-state index in [1.54, 1.807) is 18.2 Å². The second-order valence-electron chi connectivity index (χ2n) is 3.17. The molecule has 1 aromatic carbocycles. The molecule has 0 saturated carbocycles. The van der Waals surface area contributed by atoms with Gasteiger partial charge in [-0.1, -0.05) is 24.6 Å². The summed E-state index contributed by atoms with van der Waals surface area (Å²) in [4.78, 5) is 10.8.